The highest BCUT2D eigenvalue weighted by atomic mass is 16.6. The molecule has 2 atom stereocenters. The minimum absolute atomic E-state index is 0.130. The summed E-state index contributed by atoms with van der Waals surface area (Å²) < 4.78 is 5.10. The Hall–Kier alpha value is -2.31. The number of carbonyl (C=O) groups excluding carboxylic acids is 1. The summed E-state index contributed by atoms with van der Waals surface area (Å²) in [6.07, 6.45) is -2.98. The summed E-state index contributed by atoms with van der Waals surface area (Å²) in [6, 6.07) is 10.7. The van der Waals surface area contributed by atoms with Gasteiger partial charge in [-0.05, 0) is 37.8 Å². The van der Waals surface area contributed by atoms with E-state index in [0.717, 1.165) is 10.8 Å². The van der Waals surface area contributed by atoms with Gasteiger partial charge in [-0.1, -0.05) is 30.3 Å². The van der Waals surface area contributed by atoms with Gasteiger partial charge in [0.2, 0.25) is 0 Å². The first-order valence-corrected chi connectivity index (χ1v) is 7.79. The van der Waals surface area contributed by atoms with E-state index in [1.54, 1.807) is 32.9 Å². The van der Waals surface area contributed by atoms with Crippen molar-refractivity contribution in [3.8, 4) is 0 Å². The van der Waals surface area contributed by atoms with Gasteiger partial charge in [0, 0.05) is 17.6 Å². The largest absolute Gasteiger partial charge is 0.444 e. The monoisotopic (exact) mass is 332 g/mol. The predicted octanol–water partition coefficient (Wildman–Crippen LogP) is 2.34. The number of alkyl carbamates (subject to hydrolysis) is 1. The molecular formula is C18H24N2O4. The molecule has 0 saturated carbocycles. The summed E-state index contributed by atoms with van der Waals surface area (Å²) in [5, 5.41) is 24.7. The van der Waals surface area contributed by atoms with Crippen molar-refractivity contribution >= 4 is 22.6 Å². The van der Waals surface area contributed by atoms with Gasteiger partial charge < -0.3 is 26.0 Å². The van der Waals surface area contributed by atoms with Crippen LogP contribution in [0.1, 0.15) is 32.4 Å². The van der Waals surface area contributed by atoms with Gasteiger partial charge in [0.1, 0.15) is 17.8 Å². The van der Waals surface area contributed by atoms with E-state index >= 15 is 0 Å². The predicted molar refractivity (Wildman–Crippen MR) is 93.6 cm³/mol. The zero-order chi connectivity index (χ0) is 17.9. The summed E-state index contributed by atoms with van der Waals surface area (Å²) >= 11 is 0. The average molecular weight is 332 g/mol. The Labute approximate surface area is 141 Å². The smallest absolute Gasteiger partial charge is 0.407 e. The standard InChI is InChI=1S/C18H24N2O4/c1-18(2,3)24-17(23)20-10-15(21)16(22)13-8-9-14(19)12-7-5-4-6-11(12)13/h4-9,15-16,21-22H,10,19H2,1-3H3,(H,20,23). The van der Waals surface area contributed by atoms with E-state index in [1.165, 1.54) is 0 Å². The van der Waals surface area contributed by atoms with Gasteiger partial charge in [-0.2, -0.15) is 0 Å². The summed E-state index contributed by atoms with van der Waals surface area (Å²) in [6.45, 7) is 5.11. The number of anilines is 1. The number of aliphatic hydroxyl groups is 2. The highest BCUT2D eigenvalue weighted by molar-refractivity contribution is 5.95. The number of carbonyl (C=O) groups is 1. The van der Waals surface area contributed by atoms with Crippen molar-refractivity contribution in [2.24, 2.45) is 0 Å². The van der Waals surface area contributed by atoms with E-state index in [1.807, 2.05) is 24.3 Å². The molecule has 2 aromatic rings. The first-order valence-electron chi connectivity index (χ1n) is 7.79. The maximum atomic E-state index is 11.6. The third kappa shape index (κ3) is 4.37. The van der Waals surface area contributed by atoms with Crippen LogP contribution in [0.2, 0.25) is 0 Å². The SMILES string of the molecule is CC(C)(C)OC(=O)NCC(O)C(O)c1ccc(N)c2ccccc12. The molecule has 130 valence electrons. The van der Waals surface area contributed by atoms with E-state index in [2.05, 4.69) is 5.32 Å². The minimum atomic E-state index is -1.18. The molecule has 0 heterocycles. The van der Waals surface area contributed by atoms with Crippen molar-refractivity contribution in [2.45, 2.75) is 38.6 Å². The lowest BCUT2D eigenvalue weighted by atomic mass is 9.96. The Morgan fingerprint density at radius 3 is 2.42 bits per heavy atom. The first-order chi connectivity index (χ1) is 11.2. The van der Waals surface area contributed by atoms with Crippen LogP contribution in [0.15, 0.2) is 36.4 Å². The fraction of sp³-hybridized carbons (Fsp3) is 0.389. The quantitative estimate of drug-likeness (QED) is 0.643. The summed E-state index contributed by atoms with van der Waals surface area (Å²) in [4.78, 5) is 11.6. The molecule has 0 aliphatic heterocycles. The van der Waals surface area contributed by atoms with Crippen LogP contribution in [0.25, 0.3) is 10.8 Å². The lowest BCUT2D eigenvalue weighted by molar-refractivity contribution is 0.0136. The van der Waals surface area contributed by atoms with Crippen LogP contribution in [-0.2, 0) is 4.74 Å². The topological polar surface area (TPSA) is 105 Å². The van der Waals surface area contributed by atoms with Crippen LogP contribution in [-0.4, -0.2) is 34.6 Å². The highest BCUT2D eigenvalue weighted by Crippen LogP contribution is 2.29. The van der Waals surface area contributed by atoms with Crippen molar-refractivity contribution in [3.05, 3.63) is 42.0 Å². The van der Waals surface area contributed by atoms with Crippen molar-refractivity contribution in [1.82, 2.24) is 5.32 Å². The van der Waals surface area contributed by atoms with Gasteiger partial charge in [0.25, 0.3) is 0 Å². The Morgan fingerprint density at radius 2 is 1.79 bits per heavy atom. The van der Waals surface area contributed by atoms with Crippen LogP contribution < -0.4 is 11.1 Å². The number of benzene rings is 2. The van der Waals surface area contributed by atoms with E-state index in [4.69, 9.17) is 10.5 Å². The molecular weight excluding hydrogens is 308 g/mol. The zero-order valence-corrected chi connectivity index (χ0v) is 14.1. The lowest BCUT2D eigenvalue weighted by Crippen LogP contribution is -2.38. The molecule has 0 spiro atoms. The van der Waals surface area contributed by atoms with Gasteiger partial charge in [0.05, 0.1) is 0 Å². The molecule has 24 heavy (non-hydrogen) atoms. The van der Waals surface area contributed by atoms with Crippen molar-refractivity contribution in [3.63, 3.8) is 0 Å². The Kier molecular flexibility index (Phi) is 5.31. The number of aliphatic hydroxyl groups excluding tert-OH is 2. The van der Waals surface area contributed by atoms with E-state index in [-0.39, 0.29) is 6.54 Å². The van der Waals surface area contributed by atoms with Crippen LogP contribution >= 0.6 is 0 Å². The number of amides is 1. The number of nitrogens with one attached hydrogen (secondary N) is 1. The van der Waals surface area contributed by atoms with Crippen LogP contribution in [0.5, 0.6) is 0 Å². The molecule has 0 bridgehead atoms. The Morgan fingerprint density at radius 1 is 1.17 bits per heavy atom. The zero-order valence-electron chi connectivity index (χ0n) is 14.1. The van der Waals surface area contributed by atoms with E-state index in [0.29, 0.717) is 11.3 Å². The molecule has 0 saturated heterocycles. The van der Waals surface area contributed by atoms with Crippen LogP contribution in [0, 0.1) is 0 Å². The summed E-state index contributed by atoms with van der Waals surface area (Å²) in [5.41, 5.74) is 6.47. The van der Waals surface area contributed by atoms with Gasteiger partial charge in [-0.15, -0.1) is 0 Å². The molecule has 0 fully saturated rings. The second kappa shape index (κ2) is 7.07. The van der Waals surface area contributed by atoms with Gasteiger partial charge in [-0.3, -0.25) is 0 Å². The summed E-state index contributed by atoms with van der Waals surface area (Å²) in [5.74, 6) is 0. The maximum Gasteiger partial charge on any atom is 0.407 e. The molecule has 6 heteroatoms. The number of rotatable bonds is 4. The van der Waals surface area contributed by atoms with Crippen molar-refractivity contribution in [1.29, 1.82) is 0 Å². The van der Waals surface area contributed by atoms with Gasteiger partial charge in [0.15, 0.2) is 0 Å². The fourth-order valence-electron chi connectivity index (χ4n) is 2.42. The molecule has 0 aliphatic rings. The highest BCUT2D eigenvalue weighted by Gasteiger charge is 2.23. The Bertz CT molecular complexity index is 725. The minimum Gasteiger partial charge on any atom is -0.444 e. The number of nitrogens with two attached hydrogens (primary N) is 1. The average Bonchev–Trinajstić information content (AvgIpc) is 2.51. The van der Waals surface area contributed by atoms with Crippen LogP contribution in [0.4, 0.5) is 10.5 Å². The fourth-order valence-corrected chi connectivity index (χ4v) is 2.42. The molecule has 0 radical (unpaired) electrons. The second-order valence-electron chi connectivity index (χ2n) is 6.68. The first kappa shape index (κ1) is 18.0. The molecule has 1 amide bonds. The number of ether oxygens (including phenoxy) is 1. The molecule has 2 aromatic carbocycles. The second-order valence-corrected chi connectivity index (χ2v) is 6.68. The number of nitrogen functional groups attached to an aromatic ring is 1. The van der Waals surface area contributed by atoms with Gasteiger partial charge >= 0.3 is 6.09 Å². The lowest BCUT2D eigenvalue weighted by Gasteiger charge is -2.23. The molecule has 2 rings (SSSR count). The third-order valence-electron chi connectivity index (χ3n) is 3.53. The van der Waals surface area contributed by atoms with Crippen molar-refractivity contribution < 1.29 is 19.7 Å². The molecule has 0 aromatic heterocycles. The Balaban J connectivity index is 2.10. The van der Waals surface area contributed by atoms with Gasteiger partial charge in [-0.25, -0.2) is 4.79 Å². The number of hydrogen-bond donors (Lipinski definition) is 4. The van der Waals surface area contributed by atoms with Crippen LogP contribution in [0.3, 0.4) is 0 Å². The molecule has 5 N–H and O–H groups in total. The normalized spacial score (nSPS) is 14.2. The van der Waals surface area contributed by atoms with E-state index in [9.17, 15) is 15.0 Å². The molecule has 2 unspecified atom stereocenters. The third-order valence-corrected chi connectivity index (χ3v) is 3.53. The number of hydrogen-bond acceptors (Lipinski definition) is 5. The maximum absolute atomic E-state index is 11.6. The number of fused-ring (bicyclic) bond motifs is 1. The van der Waals surface area contributed by atoms with Crippen molar-refractivity contribution in [2.75, 3.05) is 12.3 Å². The van der Waals surface area contributed by atoms with E-state index < -0.39 is 23.9 Å². The molecule has 6 nitrogen and oxygen atoms in total. The molecule has 0 aliphatic carbocycles. The summed E-state index contributed by atoms with van der Waals surface area (Å²) in [7, 11) is 0.